The van der Waals surface area contributed by atoms with Gasteiger partial charge in [0.1, 0.15) is 27.6 Å². The van der Waals surface area contributed by atoms with E-state index in [0.717, 1.165) is 15.8 Å². The molecule has 34 heavy (non-hydrogen) atoms. The third kappa shape index (κ3) is 3.63. The highest BCUT2D eigenvalue weighted by Crippen LogP contribution is 2.39. The third-order valence-corrected chi connectivity index (χ3v) is 7.38. The van der Waals surface area contributed by atoms with Crippen molar-refractivity contribution < 1.29 is 18.7 Å². The van der Waals surface area contributed by atoms with Gasteiger partial charge < -0.3 is 14.6 Å². The molecular weight excluding hydrogens is 477 g/mol. The summed E-state index contributed by atoms with van der Waals surface area (Å²) in [7, 11) is 1.51. The zero-order valence-corrected chi connectivity index (χ0v) is 20.0. The highest BCUT2D eigenvalue weighted by atomic mass is 35.5. The van der Waals surface area contributed by atoms with Gasteiger partial charge in [-0.3, -0.25) is 14.5 Å². The summed E-state index contributed by atoms with van der Waals surface area (Å²) in [5, 5.41) is 6.18. The number of hydrogen-bond donors (Lipinski definition) is 1. The number of hydrogen-bond acceptors (Lipinski definition) is 4. The molecule has 4 aromatic rings. The van der Waals surface area contributed by atoms with Gasteiger partial charge in [-0.1, -0.05) is 23.7 Å². The molecule has 0 bridgehead atoms. The Morgan fingerprint density at radius 2 is 1.97 bits per heavy atom. The van der Waals surface area contributed by atoms with Gasteiger partial charge >= 0.3 is 0 Å². The topological polar surface area (TPSA) is 63.6 Å². The van der Waals surface area contributed by atoms with E-state index in [4.69, 9.17) is 16.3 Å². The van der Waals surface area contributed by atoms with Crippen molar-refractivity contribution in [1.29, 1.82) is 0 Å². The fourth-order valence-corrected chi connectivity index (χ4v) is 5.52. The number of thiophene rings is 1. The molecule has 174 valence electrons. The molecule has 1 aliphatic heterocycles. The monoisotopic (exact) mass is 497 g/mol. The Hall–Kier alpha value is -3.36. The largest absolute Gasteiger partial charge is 0.495 e. The molecule has 1 aliphatic rings. The normalized spacial score (nSPS) is 17.6. The predicted octanol–water partition coefficient (Wildman–Crippen LogP) is 5.24. The third-order valence-electron chi connectivity index (χ3n) is 6.13. The van der Waals surface area contributed by atoms with Crippen molar-refractivity contribution in [3.05, 3.63) is 82.1 Å². The maximum absolute atomic E-state index is 13.8. The van der Waals surface area contributed by atoms with Crippen LogP contribution in [-0.4, -0.2) is 29.0 Å². The Labute approximate surface area is 204 Å². The summed E-state index contributed by atoms with van der Waals surface area (Å²) in [6.07, 6.45) is 0. The molecule has 0 aliphatic carbocycles. The van der Waals surface area contributed by atoms with E-state index in [9.17, 15) is 14.0 Å². The fourth-order valence-electron chi connectivity index (χ4n) is 4.37. The van der Waals surface area contributed by atoms with Crippen LogP contribution in [0.25, 0.3) is 10.2 Å². The molecule has 0 radical (unpaired) electrons. The van der Waals surface area contributed by atoms with Gasteiger partial charge in [0.05, 0.1) is 18.7 Å². The second-order valence-electron chi connectivity index (χ2n) is 8.34. The quantitative estimate of drug-likeness (QED) is 0.410. The number of carbonyl (C=O) groups is 2. The number of nitrogens with zero attached hydrogens (tertiary/aromatic N) is 2. The van der Waals surface area contributed by atoms with Crippen molar-refractivity contribution >= 4 is 50.7 Å². The van der Waals surface area contributed by atoms with Crippen LogP contribution in [0.4, 0.5) is 10.1 Å². The second-order valence-corrected chi connectivity index (χ2v) is 9.64. The van der Waals surface area contributed by atoms with E-state index >= 15 is 0 Å². The van der Waals surface area contributed by atoms with E-state index in [-0.39, 0.29) is 30.7 Å². The number of halogens is 2. The van der Waals surface area contributed by atoms with Gasteiger partial charge in [0, 0.05) is 17.6 Å². The molecule has 0 saturated carbocycles. The van der Waals surface area contributed by atoms with Crippen LogP contribution in [0.15, 0.2) is 60.0 Å². The molecule has 5 rings (SSSR count). The Balaban J connectivity index is 1.56. The number of amides is 2. The lowest BCUT2D eigenvalue weighted by Crippen LogP contribution is -2.64. The minimum Gasteiger partial charge on any atom is -0.495 e. The lowest BCUT2D eigenvalue weighted by molar-refractivity contribution is -0.126. The van der Waals surface area contributed by atoms with Crippen LogP contribution >= 0.6 is 22.9 Å². The minimum absolute atomic E-state index is 0.201. The van der Waals surface area contributed by atoms with Crippen molar-refractivity contribution in [1.82, 2.24) is 9.88 Å². The highest BCUT2D eigenvalue weighted by Gasteiger charge is 2.48. The van der Waals surface area contributed by atoms with Crippen LogP contribution in [-0.2, 0) is 17.9 Å². The van der Waals surface area contributed by atoms with Crippen molar-refractivity contribution in [2.45, 2.75) is 25.6 Å². The van der Waals surface area contributed by atoms with Gasteiger partial charge in [0.25, 0.3) is 5.91 Å². The van der Waals surface area contributed by atoms with E-state index in [1.807, 2.05) is 22.1 Å². The number of rotatable bonds is 5. The molecule has 2 amide bonds. The summed E-state index contributed by atoms with van der Waals surface area (Å²) in [6, 6.07) is 14.8. The van der Waals surface area contributed by atoms with Crippen LogP contribution < -0.4 is 15.0 Å². The van der Waals surface area contributed by atoms with Gasteiger partial charge in [-0.25, -0.2) is 4.39 Å². The van der Waals surface area contributed by atoms with Crippen molar-refractivity contribution in [3.63, 3.8) is 0 Å². The standard InChI is InChI=1S/C25H21ClFN3O3S/c1-25(24(32)28-13-15-3-5-17(27)6-4-15)14-29-20(11-16-9-10-34-23(16)29)22(31)30(25)18-7-8-21(33-2)19(26)12-18/h3-12H,13-14H2,1-2H3,(H,28,32). The number of nitrogens with one attached hydrogen (secondary N) is 1. The van der Waals surface area contributed by atoms with E-state index in [1.165, 1.54) is 35.5 Å². The molecular formula is C25H21ClFN3O3S. The Morgan fingerprint density at radius 3 is 2.68 bits per heavy atom. The summed E-state index contributed by atoms with van der Waals surface area (Å²) in [5.74, 6) is -0.500. The van der Waals surface area contributed by atoms with Gasteiger partial charge in [-0.15, -0.1) is 11.3 Å². The maximum atomic E-state index is 13.8. The number of benzene rings is 2. The maximum Gasteiger partial charge on any atom is 0.275 e. The fraction of sp³-hybridized carbons (Fsp3) is 0.200. The Bertz CT molecular complexity index is 1410. The zero-order valence-electron chi connectivity index (χ0n) is 18.5. The number of ether oxygens (including phenoxy) is 1. The van der Waals surface area contributed by atoms with Crippen LogP contribution in [0.1, 0.15) is 23.0 Å². The van der Waals surface area contributed by atoms with Crippen LogP contribution in [0, 0.1) is 5.82 Å². The average Bonchev–Trinajstić information content (AvgIpc) is 3.41. The first kappa shape index (κ1) is 22.4. The molecule has 0 saturated heterocycles. The summed E-state index contributed by atoms with van der Waals surface area (Å²) in [6.45, 7) is 2.20. The number of fused-ring (bicyclic) bond motifs is 3. The van der Waals surface area contributed by atoms with Crippen molar-refractivity contribution in [3.8, 4) is 5.75 Å². The van der Waals surface area contributed by atoms with Crippen molar-refractivity contribution in [2.75, 3.05) is 12.0 Å². The SMILES string of the molecule is COc1ccc(N2C(=O)c3cc4ccsc4n3CC2(C)C(=O)NCc2ccc(F)cc2)cc1Cl. The van der Waals surface area contributed by atoms with Crippen LogP contribution in [0.2, 0.25) is 5.02 Å². The van der Waals surface area contributed by atoms with Gasteiger partial charge in [0.15, 0.2) is 0 Å². The molecule has 2 aromatic carbocycles. The molecule has 0 fully saturated rings. The van der Waals surface area contributed by atoms with E-state index < -0.39 is 5.54 Å². The Kier molecular flexibility index (Phi) is 5.58. The number of anilines is 1. The predicted molar refractivity (Wildman–Crippen MR) is 131 cm³/mol. The molecule has 2 aromatic heterocycles. The molecule has 1 atom stereocenters. The van der Waals surface area contributed by atoms with Gasteiger partial charge in [-0.05, 0) is 60.3 Å². The van der Waals surface area contributed by atoms with E-state index in [1.54, 1.807) is 37.3 Å². The number of carbonyl (C=O) groups excluding carboxylic acids is 2. The lowest BCUT2D eigenvalue weighted by atomic mass is 9.93. The second kappa shape index (κ2) is 8.45. The molecule has 6 nitrogen and oxygen atoms in total. The van der Waals surface area contributed by atoms with Gasteiger partial charge in [0.2, 0.25) is 5.91 Å². The van der Waals surface area contributed by atoms with Crippen LogP contribution in [0.5, 0.6) is 5.75 Å². The van der Waals surface area contributed by atoms with Crippen molar-refractivity contribution in [2.24, 2.45) is 0 Å². The molecule has 3 heterocycles. The number of methoxy groups -OCH3 is 1. The minimum atomic E-state index is -1.25. The molecule has 1 unspecified atom stereocenters. The summed E-state index contributed by atoms with van der Waals surface area (Å²) in [4.78, 5) is 29.9. The summed E-state index contributed by atoms with van der Waals surface area (Å²) >= 11 is 7.90. The molecule has 1 N–H and O–H groups in total. The van der Waals surface area contributed by atoms with E-state index in [2.05, 4.69) is 5.32 Å². The summed E-state index contributed by atoms with van der Waals surface area (Å²) < 4.78 is 20.4. The Morgan fingerprint density at radius 1 is 1.21 bits per heavy atom. The smallest absolute Gasteiger partial charge is 0.275 e. The average molecular weight is 498 g/mol. The zero-order chi connectivity index (χ0) is 24.0. The molecule has 0 spiro atoms. The first-order valence-corrected chi connectivity index (χ1v) is 11.8. The summed E-state index contributed by atoms with van der Waals surface area (Å²) in [5.41, 5.74) is 0.503. The van der Waals surface area contributed by atoms with Crippen LogP contribution in [0.3, 0.4) is 0 Å². The molecule has 9 heteroatoms. The lowest BCUT2D eigenvalue weighted by Gasteiger charge is -2.44. The van der Waals surface area contributed by atoms with Gasteiger partial charge in [-0.2, -0.15) is 0 Å². The number of aromatic nitrogens is 1. The highest BCUT2D eigenvalue weighted by molar-refractivity contribution is 7.16. The first-order chi connectivity index (χ1) is 16.3. The van der Waals surface area contributed by atoms with E-state index in [0.29, 0.717) is 22.2 Å². The first-order valence-electron chi connectivity index (χ1n) is 10.6.